The molecule has 1 amide bonds. The number of hydrogen-bond acceptors (Lipinski definition) is 5. The molecule has 0 bridgehead atoms. The number of amides is 1. The molecular weight excluding hydrogens is 351 g/mol. The topological polar surface area (TPSA) is 77.2 Å². The van der Waals surface area contributed by atoms with Crippen LogP contribution >= 0.6 is 0 Å². The zero-order valence-electron chi connectivity index (χ0n) is 14.7. The first-order valence-corrected chi connectivity index (χ1v) is 8.06. The van der Waals surface area contributed by atoms with Gasteiger partial charge in [-0.05, 0) is 26.8 Å². The van der Waals surface area contributed by atoms with Crippen LogP contribution in [0.5, 0.6) is 5.88 Å². The van der Waals surface area contributed by atoms with Crippen LogP contribution in [-0.4, -0.2) is 28.3 Å². The maximum Gasteiger partial charge on any atom is 0.389 e. The molecule has 0 atom stereocenters. The monoisotopic (exact) mass is 371 g/mol. The standard InChI is InChI=1S/C17H20F3N3O3/c1-10(2)22-16(24)12-4-5-15(21-8-12)25-9-13-11(3)26-23-14(13)6-7-17(18,19)20/h4-5,8,10H,6-7,9H2,1-3H3,(H,22,24). The maximum absolute atomic E-state index is 12.4. The Labute approximate surface area is 148 Å². The van der Waals surface area contributed by atoms with Crippen LogP contribution in [0.2, 0.25) is 0 Å². The van der Waals surface area contributed by atoms with Crippen LogP contribution in [0.3, 0.4) is 0 Å². The van der Waals surface area contributed by atoms with Crippen LogP contribution in [0, 0.1) is 6.92 Å². The summed E-state index contributed by atoms with van der Waals surface area (Å²) in [5.74, 6) is 0.395. The molecule has 0 spiro atoms. The molecule has 0 aliphatic carbocycles. The van der Waals surface area contributed by atoms with E-state index in [1.165, 1.54) is 12.3 Å². The molecule has 0 saturated heterocycles. The number of nitrogens with zero attached hydrogens (tertiary/aromatic N) is 2. The van der Waals surface area contributed by atoms with Gasteiger partial charge in [0.2, 0.25) is 5.88 Å². The van der Waals surface area contributed by atoms with Crippen molar-refractivity contribution >= 4 is 5.91 Å². The number of carbonyl (C=O) groups excluding carboxylic acids is 1. The van der Waals surface area contributed by atoms with Crippen LogP contribution < -0.4 is 10.1 Å². The summed E-state index contributed by atoms with van der Waals surface area (Å²) >= 11 is 0. The SMILES string of the molecule is Cc1onc(CCC(F)(F)F)c1COc1ccc(C(=O)NC(C)C)cn1. The van der Waals surface area contributed by atoms with Gasteiger partial charge in [0.05, 0.1) is 16.8 Å². The van der Waals surface area contributed by atoms with E-state index in [1.807, 2.05) is 13.8 Å². The van der Waals surface area contributed by atoms with E-state index in [4.69, 9.17) is 9.26 Å². The summed E-state index contributed by atoms with van der Waals surface area (Å²) in [6.07, 6.45) is -4.15. The molecular formula is C17H20F3N3O3. The summed E-state index contributed by atoms with van der Waals surface area (Å²) in [4.78, 5) is 15.9. The smallest absolute Gasteiger partial charge is 0.389 e. The second-order valence-electron chi connectivity index (χ2n) is 6.08. The lowest BCUT2D eigenvalue weighted by Crippen LogP contribution is -2.30. The van der Waals surface area contributed by atoms with Crippen LogP contribution in [0.15, 0.2) is 22.9 Å². The Morgan fingerprint density at radius 1 is 1.35 bits per heavy atom. The first-order valence-electron chi connectivity index (χ1n) is 8.06. The molecule has 0 radical (unpaired) electrons. The van der Waals surface area contributed by atoms with Crippen LogP contribution in [0.1, 0.15) is 47.6 Å². The molecule has 142 valence electrons. The van der Waals surface area contributed by atoms with Crippen molar-refractivity contribution in [1.82, 2.24) is 15.5 Å². The number of pyridine rings is 1. The molecule has 0 aromatic carbocycles. The number of hydrogen-bond donors (Lipinski definition) is 1. The number of aromatic nitrogens is 2. The average molecular weight is 371 g/mol. The minimum atomic E-state index is -4.26. The summed E-state index contributed by atoms with van der Waals surface area (Å²) in [7, 11) is 0. The van der Waals surface area contributed by atoms with Crippen molar-refractivity contribution in [2.75, 3.05) is 0 Å². The molecule has 0 aliphatic rings. The van der Waals surface area contributed by atoms with Gasteiger partial charge < -0.3 is 14.6 Å². The average Bonchev–Trinajstić information content (AvgIpc) is 2.90. The third-order valence-corrected chi connectivity index (χ3v) is 3.49. The molecule has 0 unspecified atom stereocenters. The van der Waals surface area contributed by atoms with Gasteiger partial charge >= 0.3 is 6.18 Å². The van der Waals surface area contributed by atoms with Crippen molar-refractivity contribution in [2.45, 2.75) is 52.4 Å². The van der Waals surface area contributed by atoms with Gasteiger partial charge in [0.15, 0.2) is 0 Å². The van der Waals surface area contributed by atoms with Gasteiger partial charge in [0, 0.05) is 31.1 Å². The highest BCUT2D eigenvalue weighted by Crippen LogP contribution is 2.24. The zero-order chi connectivity index (χ0) is 19.3. The Bertz CT molecular complexity index is 740. The van der Waals surface area contributed by atoms with Crippen molar-refractivity contribution in [2.24, 2.45) is 0 Å². The fourth-order valence-electron chi connectivity index (χ4n) is 2.17. The van der Waals surface area contributed by atoms with Crippen LogP contribution in [-0.2, 0) is 13.0 Å². The number of halogens is 3. The summed E-state index contributed by atoms with van der Waals surface area (Å²) in [6, 6.07) is 3.09. The molecule has 2 aromatic heterocycles. The highest BCUT2D eigenvalue weighted by molar-refractivity contribution is 5.94. The summed E-state index contributed by atoms with van der Waals surface area (Å²) in [6.45, 7) is 5.28. The number of alkyl halides is 3. The number of rotatable bonds is 7. The largest absolute Gasteiger partial charge is 0.473 e. The predicted octanol–water partition coefficient (Wildman–Crippen LogP) is 3.59. The summed E-state index contributed by atoms with van der Waals surface area (Å²) < 4.78 is 47.6. The lowest BCUT2D eigenvalue weighted by molar-refractivity contribution is -0.134. The van der Waals surface area contributed by atoms with E-state index >= 15 is 0 Å². The quantitative estimate of drug-likeness (QED) is 0.805. The second kappa shape index (κ2) is 8.20. The van der Waals surface area contributed by atoms with Gasteiger partial charge in [0.25, 0.3) is 5.91 Å². The molecule has 2 aromatic rings. The first kappa shape index (κ1) is 19.7. The molecule has 1 N–H and O–H groups in total. The molecule has 6 nitrogen and oxygen atoms in total. The number of nitrogens with one attached hydrogen (secondary N) is 1. The highest BCUT2D eigenvalue weighted by atomic mass is 19.4. The minimum Gasteiger partial charge on any atom is -0.473 e. The first-order chi connectivity index (χ1) is 12.2. The molecule has 0 aliphatic heterocycles. The predicted molar refractivity (Wildman–Crippen MR) is 86.8 cm³/mol. The van der Waals surface area contributed by atoms with E-state index in [9.17, 15) is 18.0 Å². The van der Waals surface area contributed by atoms with Crippen LogP contribution in [0.25, 0.3) is 0 Å². The Balaban J connectivity index is 1.98. The van der Waals surface area contributed by atoms with E-state index in [0.29, 0.717) is 16.9 Å². The molecule has 0 fully saturated rings. The van der Waals surface area contributed by atoms with E-state index in [-0.39, 0.29) is 36.6 Å². The van der Waals surface area contributed by atoms with E-state index in [0.717, 1.165) is 0 Å². The van der Waals surface area contributed by atoms with Crippen LogP contribution in [0.4, 0.5) is 13.2 Å². The van der Waals surface area contributed by atoms with Crippen molar-refractivity contribution in [3.05, 3.63) is 40.9 Å². The lowest BCUT2D eigenvalue weighted by Gasteiger charge is -2.09. The Morgan fingerprint density at radius 2 is 2.08 bits per heavy atom. The Hall–Kier alpha value is -2.58. The van der Waals surface area contributed by atoms with Gasteiger partial charge in [-0.25, -0.2) is 4.98 Å². The molecule has 0 saturated carbocycles. The summed E-state index contributed by atoms with van der Waals surface area (Å²) in [5, 5.41) is 6.41. The Kier molecular flexibility index (Phi) is 6.23. The molecule has 9 heteroatoms. The maximum atomic E-state index is 12.4. The van der Waals surface area contributed by atoms with E-state index in [2.05, 4.69) is 15.5 Å². The third kappa shape index (κ3) is 5.75. The number of aryl methyl sites for hydroxylation is 2. The number of ether oxygens (including phenoxy) is 1. The van der Waals surface area contributed by atoms with Gasteiger partial charge in [-0.15, -0.1) is 0 Å². The van der Waals surface area contributed by atoms with Crippen molar-refractivity contribution in [1.29, 1.82) is 0 Å². The van der Waals surface area contributed by atoms with Crippen molar-refractivity contribution in [3.63, 3.8) is 0 Å². The molecule has 2 rings (SSSR count). The van der Waals surface area contributed by atoms with Crippen molar-refractivity contribution in [3.8, 4) is 5.88 Å². The fourth-order valence-corrected chi connectivity index (χ4v) is 2.17. The van der Waals surface area contributed by atoms with Gasteiger partial charge in [0.1, 0.15) is 12.4 Å². The summed E-state index contributed by atoms with van der Waals surface area (Å²) in [5.41, 5.74) is 1.07. The van der Waals surface area contributed by atoms with Crippen molar-refractivity contribution < 1.29 is 27.2 Å². The second-order valence-corrected chi connectivity index (χ2v) is 6.08. The fraction of sp³-hybridized carbons (Fsp3) is 0.471. The van der Waals surface area contributed by atoms with E-state index < -0.39 is 12.6 Å². The minimum absolute atomic E-state index is 0.00473. The molecule has 2 heterocycles. The Morgan fingerprint density at radius 3 is 2.65 bits per heavy atom. The van der Waals surface area contributed by atoms with Gasteiger partial charge in [-0.2, -0.15) is 13.2 Å². The molecule has 26 heavy (non-hydrogen) atoms. The lowest BCUT2D eigenvalue weighted by atomic mass is 10.1. The van der Waals surface area contributed by atoms with E-state index in [1.54, 1.807) is 13.0 Å². The van der Waals surface area contributed by atoms with Gasteiger partial charge in [-0.3, -0.25) is 4.79 Å². The zero-order valence-corrected chi connectivity index (χ0v) is 14.7. The number of carbonyl (C=O) groups is 1. The third-order valence-electron chi connectivity index (χ3n) is 3.49. The van der Waals surface area contributed by atoms with Gasteiger partial charge in [-0.1, -0.05) is 5.16 Å². The highest BCUT2D eigenvalue weighted by Gasteiger charge is 2.28. The normalized spacial score (nSPS) is 11.7.